The quantitative estimate of drug-likeness (QED) is 0.705. The predicted octanol–water partition coefficient (Wildman–Crippen LogP) is 2.66. The molecule has 0 aromatic carbocycles. The van der Waals surface area contributed by atoms with Crippen molar-refractivity contribution < 1.29 is 14.7 Å². The van der Waals surface area contributed by atoms with Gasteiger partial charge in [0.1, 0.15) is 0 Å². The molecule has 1 aliphatic carbocycles. The lowest BCUT2D eigenvalue weighted by Gasteiger charge is -2.23. The van der Waals surface area contributed by atoms with Crippen molar-refractivity contribution in [1.82, 2.24) is 10.2 Å². The molecule has 0 radical (unpaired) electrons. The van der Waals surface area contributed by atoms with E-state index in [1.54, 1.807) is 4.90 Å². The zero-order chi connectivity index (χ0) is 16.2. The molecule has 2 rings (SSSR count). The summed E-state index contributed by atoms with van der Waals surface area (Å²) in [5.41, 5.74) is -0.676. The van der Waals surface area contributed by atoms with E-state index in [1.807, 2.05) is 11.8 Å². The minimum absolute atomic E-state index is 0.0936. The second-order valence-corrected chi connectivity index (χ2v) is 8.14. The molecule has 2 atom stereocenters. The number of carbonyl (C=O) groups is 2. The zero-order valence-electron chi connectivity index (χ0n) is 13.6. The summed E-state index contributed by atoms with van der Waals surface area (Å²) >= 11 is 1.92. The van der Waals surface area contributed by atoms with Crippen molar-refractivity contribution in [2.24, 2.45) is 17.3 Å². The number of carboxylic acid groups (broad SMARTS) is 1. The van der Waals surface area contributed by atoms with Crippen LogP contribution in [0.5, 0.6) is 0 Å². The van der Waals surface area contributed by atoms with Gasteiger partial charge in [-0.05, 0) is 42.6 Å². The summed E-state index contributed by atoms with van der Waals surface area (Å²) in [6, 6.07) is -0.0936. The van der Waals surface area contributed by atoms with Gasteiger partial charge in [0.05, 0.1) is 5.41 Å². The Labute approximate surface area is 137 Å². The molecule has 0 aromatic rings. The van der Waals surface area contributed by atoms with E-state index >= 15 is 0 Å². The summed E-state index contributed by atoms with van der Waals surface area (Å²) < 4.78 is 0. The van der Waals surface area contributed by atoms with Gasteiger partial charge in [0, 0.05) is 19.6 Å². The van der Waals surface area contributed by atoms with E-state index in [0.717, 1.165) is 30.8 Å². The maximum atomic E-state index is 12.2. The molecule has 22 heavy (non-hydrogen) atoms. The van der Waals surface area contributed by atoms with E-state index in [-0.39, 0.29) is 11.9 Å². The molecule has 1 aliphatic heterocycles. The molecule has 2 N–H and O–H groups in total. The van der Waals surface area contributed by atoms with Gasteiger partial charge in [0.25, 0.3) is 0 Å². The number of rotatable bonds is 7. The summed E-state index contributed by atoms with van der Waals surface area (Å²) in [7, 11) is 0. The lowest BCUT2D eigenvalue weighted by atomic mass is 9.81. The fraction of sp³-hybridized carbons (Fsp3) is 0.875. The smallest absolute Gasteiger partial charge is 0.317 e. The van der Waals surface area contributed by atoms with Gasteiger partial charge in [-0.1, -0.05) is 20.3 Å². The summed E-state index contributed by atoms with van der Waals surface area (Å²) in [6.45, 7) is 6.06. The summed E-state index contributed by atoms with van der Waals surface area (Å²) in [6.07, 6.45) is 3.58. The van der Waals surface area contributed by atoms with Gasteiger partial charge in [-0.15, -0.1) is 0 Å². The lowest BCUT2D eigenvalue weighted by molar-refractivity contribution is -0.149. The molecule has 0 spiro atoms. The maximum Gasteiger partial charge on any atom is 0.317 e. The van der Waals surface area contributed by atoms with Crippen molar-refractivity contribution in [3.8, 4) is 0 Å². The maximum absolute atomic E-state index is 12.2. The number of hydrogen-bond acceptors (Lipinski definition) is 3. The number of hydrogen-bond donors (Lipinski definition) is 2. The van der Waals surface area contributed by atoms with Crippen molar-refractivity contribution in [2.45, 2.75) is 39.5 Å². The van der Waals surface area contributed by atoms with Crippen molar-refractivity contribution >= 4 is 23.8 Å². The molecular formula is C16H28N2O3S. The third-order valence-corrected chi connectivity index (χ3v) is 6.26. The van der Waals surface area contributed by atoms with E-state index in [9.17, 15) is 14.7 Å². The number of carboxylic acids is 1. The molecule has 1 saturated carbocycles. The van der Waals surface area contributed by atoms with E-state index in [0.29, 0.717) is 32.0 Å². The van der Waals surface area contributed by atoms with Crippen molar-refractivity contribution in [3.63, 3.8) is 0 Å². The van der Waals surface area contributed by atoms with Gasteiger partial charge in [-0.2, -0.15) is 11.8 Å². The van der Waals surface area contributed by atoms with E-state index in [1.165, 1.54) is 0 Å². The average molecular weight is 328 g/mol. The molecule has 2 fully saturated rings. The SMILES string of the molecule is CC(C)CSCCCNC(=O)N1C[C@@H]2CCC[C@@]2(C(=O)O)C1. The summed E-state index contributed by atoms with van der Waals surface area (Å²) in [4.78, 5) is 25.5. The minimum Gasteiger partial charge on any atom is -0.481 e. The summed E-state index contributed by atoms with van der Waals surface area (Å²) in [5.74, 6) is 2.33. The first-order valence-electron chi connectivity index (χ1n) is 8.29. The number of thioether (sulfide) groups is 1. The second kappa shape index (κ2) is 7.57. The molecule has 6 heteroatoms. The van der Waals surface area contributed by atoms with Crippen LogP contribution in [0.25, 0.3) is 0 Å². The Kier molecular flexibility index (Phi) is 6.01. The van der Waals surface area contributed by atoms with Crippen LogP contribution >= 0.6 is 11.8 Å². The fourth-order valence-electron chi connectivity index (χ4n) is 3.59. The van der Waals surface area contributed by atoms with E-state index in [2.05, 4.69) is 19.2 Å². The number of fused-ring (bicyclic) bond motifs is 1. The first-order chi connectivity index (χ1) is 10.5. The molecule has 0 unspecified atom stereocenters. The standard InChI is InChI=1S/C16H28N2O3S/c1-12(2)10-22-8-4-7-17-15(21)18-9-13-5-3-6-16(13,11-18)14(19)20/h12-13H,3-11H2,1-2H3,(H,17,21)(H,19,20)/t13-,16+/m0/s1. The van der Waals surface area contributed by atoms with Crippen LogP contribution in [0.2, 0.25) is 0 Å². The highest BCUT2D eigenvalue weighted by Crippen LogP contribution is 2.48. The van der Waals surface area contributed by atoms with Gasteiger partial charge < -0.3 is 15.3 Å². The van der Waals surface area contributed by atoms with Gasteiger partial charge in [0.15, 0.2) is 0 Å². The fourth-order valence-corrected chi connectivity index (χ4v) is 4.58. The van der Waals surface area contributed by atoms with Gasteiger partial charge >= 0.3 is 12.0 Å². The first kappa shape index (κ1) is 17.4. The molecule has 126 valence electrons. The van der Waals surface area contributed by atoms with Crippen LogP contribution in [0.1, 0.15) is 39.5 Å². The Morgan fingerprint density at radius 3 is 2.86 bits per heavy atom. The molecule has 5 nitrogen and oxygen atoms in total. The third kappa shape index (κ3) is 3.89. The number of urea groups is 1. The predicted molar refractivity (Wildman–Crippen MR) is 89.2 cm³/mol. The second-order valence-electron chi connectivity index (χ2n) is 6.99. The van der Waals surface area contributed by atoms with Crippen molar-refractivity contribution in [3.05, 3.63) is 0 Å². The molecule has 2 amide bonds. The summed E-state index contributed by atoms with van der Waals surface area (Å²) in [5, 5.41) is 12.5. The zero-order valence-corrected chi connectivity index (χ0v) is 14.5. The van der Waals surface area contributed by atoms with Gasteiger partial charge in [0.2, 0.25) is 0 Å². The van der Waals surface area contributed by atoms with Crippen molar-refractivity contribution in [2.75, 3.05) is 31.1 Å². The molecule has 1 saturated heterocycles. The van der Waals surface area contributed by atoms with E-state index < -0.39 is 11.4 Å². The molecular weight excluding hydrogens is 300 g/mol. The van der Waals surface area contributed by atoms with Crippen LogP contribution in [-0.4, -0.2) is 53.1 Å². The highest BCUT2D eigenvalue weighted by atomic mass is 32.2. The van der Waals surface area contributed by atoms with Gasteiger partial charge in [-0.3, -0.25) is 4.79 Å². The molecule has 0 aromatic heterocycles. The number of likely N-dealkylation sites (tertiary alicyclic amines) is 1. The Hall–Kier alpha value is -0.910. The third-order valence-electron chi connectivity index (χ3n) is 4.78. The number of aliphatic carboxylic acids is 1. The average Bonchev–Trinajstić information content (AvgIpc) is 2.99. The molecule has 1 heterocycles. The Balaban J connectivity index is 1.70. The van der Waals surface area contributed by atoms with Crippen LogP contribution < -0.4 is 5.32 Å². The topological polar surface area (TPSA) is 69.6 Å². The Bertz CT molecular complexity index is 416. The number of nitrogens with zero attached hydrogens (tertiary/aromatic N) is 1. The number of amides is 2. The van der Waals surface area contributed by atoms with Crippen LogP contribution in [0, 0.1) is 17.3 Å². The van der Waals surface area contributed by atoms with Crippen LogP contribution in [0.4, 0.5) is 4.79 Å². The van der Waals surface area contributed by atoms with Crippen LogP contribution in [-0.2, 0) is 4.79 Å². The minimum atomic E-state index is -0.726. The lowest BCUT2D eigenvalue weighted by Crippen LogP contribution is -2.42. The highest BCUT2D eigenvalue weighted by molar-refractivity contribution is 7.99. The van der Waals surface area contributed by atoms with Crippen LogP contribution in [0.15, 0.2) is 0 Å². The Morgan fingerprint density at radius 2 is 2.23 bits per heavy atom. The molecule has 2 aliphatic rings. The van der Waals surface area contributed by atoms with Crippen LogP contribution in [0.3, 0.4) is 0 Å². The van der Waals surface area contributed by atoms with E-state index in [4.69, 9.17) is 0 Å². The monoisotopic (exact) mass is 328 g/mol. The number of carbonyl (C=O) groups excluding carboxylic acids is 1. The Morgan fingerprint density at radius 1 is 1.45 bits per heavy atom. The number of nitrogens with one attached hydrogen (secondary N) is 1. The molecule has 0 bridgehead atoms. The van der Waals surface area contributed by atoms with Crippen molar-refractivity contribution in [1.29, 1.82) is 0 Å². The highest BCUT2D eigenvalue weighted by Gasteiger charge is 2.55. The normalized spacial score (nSPS) is 27.2. The largest absolute Gasteiger partial charge is 0.481 e. The first-order valence-corrected chi connectivity index (χ1v) is 9.45. The van der Waals surface area contributed by atoms with Gasteiger partial charge in [-0.25, -0.2) is 4.79 Å².